The Balaban J connectivity index is 1.94. The van der Waals surface area contributed by atoms with Gasteiger partial charge in [-0.05, 0) is 33.6 Å². The molecule has 1 heterocycles. The second-order valence-corrected chi connectivity index (χ2v) is 4.18. The second-order valence-electron chi connectivity index (χ2n) is 4.18. The number of hydrogen-bond donors (Lipinski definition) is 1. The smallest absolute Gasteiger partial charge is 0.147 e. The Labute approximate surface area is 84.7 Å². The van der Waals surface area contributed by atoms with Crippen molar-refractivity contribution in [1.29, 1.82) is 0 Å². The van der Waals surface area contributed by atoms with Gasteiger partial charge in [0.1, 0.15) is 11.6 Å². The van der Waals surface area contributed by atoms with Gasteiger partial charge in [-0.1, -0.05) is 0 Å². The number of aromatic nitrogens is 3. The van der Waals surface area contributed by atoms with E-state index in [1.165, 1.54) is 12.8 Å². The summed E-state index contributed by atoms with van der Waals surface area (Å²) >= 11 is 0. The Hall–Kier alpha value is -0.900. The first-order chi connectivity index (χ1) is 6.66. The van der Waals surface area contributed by atoms with Crippen LogP contribution in [0.5, 0.6) is 0 Å². The third-order valence-electron chi connectivity index (χ3n) is 2.60. The van der Waals surface area contributed by atoms with E-state index in [0.29, 0.717) is 6.04 Å². The lowest BCUT2D eigenvalue weighted by molar-refractivity contribution is 0.441. The van der Waals surface area contributed by atoms with Crippen LogP contribution in [-0.2, 0) is 0 Å². The van der Waals surface area contributed by atoms with Crippen molar-refractivity contribution in [2.75, 3.05) is 6.54 Å². The van der Waals surface area contributed by atoms with E-state index in [1.54, 1.807) is 0 Å². The molecule has 0 amide bonds. The van der Waals surface area contributed by atoms with Gasteiger partial charge in [-0.25, -0.2) is 9.67 Å². The number of nitrogens with one attached hydrogen (secondary N) is 1. The fraction of sp³-hybridized carbons (Fsp3) is 0.800. The third-order valence-corrected chi connectivity index (χ3v) is 2.60. The maximum atomic E-state index is 4.37. The minimum absolute atomic E-state index is 0.400. The molecule has 0 radical (unpaired) electrons. The lowest BCUT2D eigenvalue weighted by Crippen LogP contribution is -2.26. The number of rotatable bonds is 4. The summed E-state index contributed by atoms with van der Waals surface area (Å²) in [4.78, 5) is 4.30. The van der Waals surface area contributed by atoms with Crippen molar-refractivity contribution in [3.05, 3.63) is 11.6 Å². The minimum atomic E-state index is 0.400. The van der Waals surface area contributed by atoms with Crippen molar-refractivity contribution < 1.29 is 0 Å². The average Bonchev–Trinajstić information content (AvgIpc) is 2.88. The molecule has 0 aliphatic heterocycles. The van der Waals surface area contributed by atoms with Crippen LogP contribution in [0, 0.1) is 13.8 Å². The van der Waals surface area contributed by atoms with Crippen LogP contribution in [0.4, 0.5) is 0 Å². The van der Waals surface area contributed by atoms with Crippen molar-refractivity contribution in [2.24, 2.45) is 0 Å². The Morgan fingerprint density at radius 2 is 2.21 bits per heavy atom. The number of hydrogen-bond acceptors (Lipinski definition) is 3. The summed E-state index contributed by atoms with van der Waals surface area (Å²) in [5.41, 5.74) is 0. The molecule has 1 N–H and O–H groups in total. The van der Waals surface area contributed by atoms with Gasteiger partial charge in [0.25, 0.3) is 0 Å². The van der Waals surface area contributed by atoms with Crippen LogP contribution in [0.3, 0.4) is 0 Å². The van der Waals surface area contributed by atoms with Crippen molar-refractivity contribution in [3.63, 3.8) is 0 Å². The molecule has 78 valence electrons. The van der Waals surface area contributed by atoms with E-state index in [2.05, 4.69) is 22.3 Å². The summed E-state index contributed by atoms with van der Waals surface area (Å²) in [5.74, 6) is 1.87. The molecule has 0 saturated heterocycles. The highest BCUT2D eigenvalue weighted by Gasteiger charge is 2.21. The van der Waals surface area contributed by atoms with Crippen LogP contribution < -0.4 is 5.32 Å². The fourth-order valence-corrected chi connectivity index (χ4v) is 1.66. The van der Waals surface area contributed by atoms with Crippen molar-refractivity contribution in [3.8, 4) is 0 Å². The molecule has 4 heteroatoms. The predicted molar refractivity (Wildman–Crippen MR) is 55.2 cm³/mol. The molecule has 2 rings (SSSR count). The van der Waals surface area contributed by atoms with E-state index < -0.39 is 0 Å². The quantitative estimate of drug-likeness (QED) is 0.783. The highest BCUT2D eigenvalue weighted by Crippen LogP contribution is 2.19. The zero-order valence-corrected chi connectivity index (χ0v) is 9.12. The van der Waals surface area contributed by atoms with E-state index in [9.17, 15) is 0 Å². The first-order valence-electron chi connectivity index (χ1n) is 5.30. The summed E-state index contributed by atoms with van der Waals surface area (Å²) in [6, 6.07) is 1.17. The van der Waals surface area contributed by atoms with Crippen LogP contribution in [0.1, 0.15) is 37.5 Å². The molecular weight excluding hydrogens is 176 g/mol. The third kappa shape index (κ3) is 2.12. The van der Waals surface area contributed by atoms with Crippen molar-refractivity contribution in [2.45, 2.75) is 45.7 Å². The van der Waals surface area contributed by atoms with Gasteiger partial charge < -0.3 is 5.32 Å². The molecule has 4 nitrogen and oxygen atoms in total. The van der Waals surface area contributed by atoms with Gasteiger partial charge in [0.05, 0.1) is 6.04 Å². The van der Waals surface area contributed by atoms with Crippen molar-refractivity contribution in [1.82, 2.24) is 20.1 Å². The van der Waals surface area contributed by atoms with E-state index in [4.69, 9.17) is 0 Å². The lowest BCUT2D eigenvalue weighted by Gasteiger charge is -2.13. The Kier molecular flexibility index (Phi) is 2.54. The van der Waals surface area contributed by atoms with E-state index in [0.717, 1.165) is 24.2 Å². The Morgan fingerprint density at radius 3 is 2.71 bits per heavy atom. The first kappa shape index (κ1) is 9.65. The van der Waals surface area contributed by atoms with Gasteiger partial charge in [-0.2, -0.15) is 5.10 Å². The van der Waals surface area contributed by atoms with Gasteiger partial charge in [0, 0.05) is 12.6 Å². The molecule has 0 bridgehead atoms. The maximum absolute atomic E-state index is 4.37. The summed E-state index contributed by atoms with van der Waals surface area (Å²) in [6.45, 7) is 7.11. The number of nitrogens with zero attached hydrogens (tertiary/aromatic N) is 3. The predicted octanol–water partition coefficient (Wildman–Crippen LogP) is 1.21. The summed E-state index contributed by atoms with van der Waals surface area (Å²) < 4.78 is 2.00. The normalized spacial score (nSPS) is 18.5. The fourth-order valence-electron chi connectivity index (χ4n) is 1.66. The zero-order valence-electron chi connectivity index (χ0n) is 9.12. The molecule has 1 fully saturated rings. The molecular formula is C10H18N4. The van der Waals surface area contributed by atoms with Crippen LogP contribution in [-0.4, -0.2) is 27.4 Å². The molecule has 1 saturated carbocycles. The molecule has 0 spiro atoms. The van der Waals surface area contributed by atoms with Gasteiger partial charge in [0.15, 0.2) is 0 Å². The zero-order chi connectivity index (χ0) is 10.1. The highest BCUT2D eigenvalue weighted by atomic mass is 15.4. The van der Waals surface area contributed by atoms with Crippen molar-refractivity contribution >= 4 is 0 Å². The lowest BCUT2D eigenvalue weighted by atomic mass is 10.3. The van der Waals surface area contributed by atoms with Crippen LogP contribution in [0.15, 0.2) is 0 Å². The van der Waals surface area contributed by atoms with Crippen LogP contribution in [0.2, 0.25) is 0 Å². The Morgan fingerprint density at radius 1 is 1.50 bits per heavy atom. The summed E-state index contributed by atoms with van der Waals surface area (Å²) in [5, 5.41) is 7.88. The molecule has 1 unspecified atom stereocenters. The molecule has 1 aromatic rings. The van der Waals surface area contributed by atoms with Gasteiger partial charge >= 0.3 is 0 Å². The molecule has 1 aliphatic rings. The molecule has 1 aromatic heterocycles. The Bertz CT molecular complexity index is 314. The molecule has 1 aliphatic carbocycles. The van der Waals surface area contributed by atoms with E-state index in [-0.39, 0.29) is 0 Å². The maximum Gasteiger partial charge on any atom is 0.147 e. The summed E-state index contributed by atoms with van der Waals surface area (Å²) in [6.07, 6.45) is 2.67. The topological polar surface area (TPSA) is 42.7 Å². The van der Waals surface area contributed by atoms with E-state index >= 15 is 0 Å². The SMILES string of the molecule is Cc1nc(C)n(C(C)CNC2CC2)n1. The first-order valence-corrected chi connectivity index (χ1v) is 5.30. The monoisotopic (exact) mass is 194 g/mol. The van der Waals surface area contributed by atoms with Crippen LogP contribution >= 0.6 is 0 Å². The van der Waals surface area contributed by atoms with Gasteiger partial charge in [-0.15, -0.1) is 0 Å². The largest absolute Gasteiger partial charge is 0.312 e. The molecule has 14 heavy (non-hydrogen) atoms. The second kappa shape index (κ2) is 3.69. The average molecular weight is 194 g/mol. The van der Waals surface area contributed by atoms with Crippen LogP contribution in [0.25, 0.3) is 0 Å². The van der Waals surface area contributed by atoms with Gasteiger partial charge in [-0.3, -0.25) is 0 Å². The molecule has 1 atom stereocenters. The highest BCUT2D eigenvalue weighted by molar-refractivity contribution is 4.91. The summed E-state index contributed by atoms with van der Waals surface area (Å²) in [7, 11) is 0. The number of aryl methyl sites for hydroxylation is 2. The van der Waals surface area contributed by atoms with E-state index in [1.807, 2.05) is 18.5 Å². The van der Waals surface area contributed by atoms with Gasteiger partial charge in [0.2, 0.25) is 0 Å². The standard InChI is InChI=1S/C10H18N4/c1-7(6-11-10-4-5-10)14-9(3)12-8(2)13-14/h7,10-11H,4-6H2,1-3H3. The molecule has 0 aromatic carbocycles. The minimum Gasteiger partial charge on any atom is -0.312 e.